The van der Waals surface area contributed by atoms with Gasteiger partial charge in [-0.25, -0.2) is 0 Å². The second-order valence-corrected chi connectivity index (χ2v) is 17.4. The highest BCUT2D eigenvalue weighted by Gasteiger charge is 2.31. The zero-order valence-corrected chi connectivity index (χ0v) is 33.6. The highest BCUT2D eigenvalue weighted by atomic mass is 32.2. The van der Waals surface area contributed by atoms with Crippen molar-refractivity contribution in [2.24, 2.45) is 47.3 Å². The maximum atomic E-state index is 12.2. The Labute approximate surface area is 301 Å². The molecule has 0 aliphatic heterocycles. The third kappa shape index (κ3) is 31.4. The standard InChI is InChI=1S/C14H22.C13H27NO4S.C9H18O2.CH4.O3S/c1-11(2)10-14(12(3)4)13-8-6-5-7-9-13;1-9(2)7-11(10(3)4)12(15)14-13(5,6)8-19(16,17)18;1-6(2)5-8(7(3)4)9(10)11;;1-4(2)3/h5-9,11-12,14H,10H2,1-4H3;9-11H,7-8H2,1-6H3,(H,14,15)(H,16,17,18);6-8H,5H2,1-4H3,(H,10,11);1H4;. The number of aliphatic carboxylic acids is 1. The molecule has 1 aromatic carbocycles. The quantitative estimate of drug-likeness (QED) is 0.149. The highest BCUT2D eigenvalue weighted by molar-refractivity contribution is 7.85. The third-order valence-corrected chi connectivity index (χ3v) is 8.56. The third-order valence-electron chi connectivity index (χ3n) is 7.48. The van der Waals surface area contributed by atoms with E-state index in [4.69, 9.17) is 22.3 Å². The van der Waals surface area contributed by atoms with E-state index in [-0.39, 0.29) is 37.0 Å². The zero-order valence-electron chi connectivity index (χ0n) is 32.0. The van der Waals surface area contributed by atoms with Crippen molar-refractivity contribution >= 4 is 32.6 Å². The smallest absolute Gasteiger partial charge is 0.425 e. The summed E-state index contributed by atoms with van der Waals surface area (Å²) < 4.78 is 56.0. The molecule has 0 spiro atoms. The van der Waals surface area contributed by atoms with Crippen LogP contribution in [0.1, 0.15) is 135 Å². The van der Waals surface area contributed by atoms with Crippen molar-refractivity contribution in [3.63, 3.8) is 0 Å². The monoisotopic (exact) mass is 737 g/mol. The molecule has 1 amide bonds. The molecule has 49 heavy (non-hydrogen) atoms. The van der Waals surface area contributed by atoms with Gasteiger partial charge in [-0.15, -0.1) is 12.6 Å². The van der Waals surface area contributed by atoms with Gasteiger partial charge < -0.3 is 10.4 Å². The molecule has 0 saturated heterocycles. The average Bonchev–Trinajstić information content (AvgIpc) is 2.87. The Balaban J connectivity index is -0.000000299. The van der Waals surface area contributed by atoms with Crippen LogP contribution in [0.2, 0.25) is 0 Å². The number of carboxylic acids is 1. The van der Waals surface area contributed by atoms with Gasteiger partial charge in [-0.2, -0.15) is 8.42 Å². The van der Waals surface area contributed by atoms with Crippen LogP contribution < -0.4 is 5.32 Å². The van der Waals surface area contributed by atoms with Crippen molar-refractivity contribution in [3.8, 4) is 0 Å². The van der Waals surface area contributed by atoms with Gasteiger partial charge in [-0.1, -0.05) is 121 Å². The van der Waals surface area contributed by atoms with E-state index in [1.807, 2.05) is 41.5 Å². The summed E-state index contributed by atoms with van der Waals surface area (Å²) in [6, 6.07) is 10.9. The van der Waals surface area contributed by atoms with Crippen LogP contribution in [-0.2, 0) is 30.3 Å². The molecule has 0 bridgehead atoms. The number of nitrogens with one attached hydrogen (secondary N) is 1. The van der Waals surface area contributed by atoms with Gasteiger partial charge in [0, 0.05) is 5.92 Å². The normalized spacial score (nSPS) is 13.2. The maximum Gasteiger partial charge on any atom is 0.425 e. The van der Waals surface area contributed by atoms with Crippen LogP contribution in [0.5, 0.6) is 0 Å². The summed E-state index contributed by atoms with van der Waals surface area (Å²) in [7, 11) is -7.22. The lowest BCUT2D eigenvalue weighted by Gasteiger charge is -2.29. The van der Waals surface area contributed by atoms with Gasteiger partial charge in [-0.3, -0.25) is 14.1 Å². The summed E-state index contributed by atoms with van der Waals surface area (Å²) in [5.74, 6) is 1.90. The molecule has 0 aromatic heterocycles. The molecule has 1 aromatic rings. The van der Waals surface area contributed by atoms with E-state index in [1.54, 1.807) is 13.8 Å². The van der Waals surface area contributed by atoms with E-state index in [0.29, 0.717) is 11.8 Å². The molecule has 0 aliphatic carbocycles. The molecule has 3 unspecified atom stereocenters. The molecule has 0 fully saturated rings. The highest BCUT2D eigenvalue weighted by Crippen LogP contribution is 2.30. The molecule has 290 valence electrons. The Bertz CT molecular complexity index is 1230. The summed E-state index contributed by atoms with van der Waals surface area (Å²) in [6.45, 7) is 28.5. The lowest BCUT2D eigenvalue weighted by atomic mass is 9.82. The lowest BCUT2D eigenvalue weighted by molar-refractivity contribution is -0.143. The van der Waals surface area contributed by atoms with Gasteiger partial charge in [0.15, 0.2) is 0 Å². The van der Waals surface area contributed by atoms with Gasteiger partial charge in [0.05, 0.1) is 17.2 Å². The van der Waals surface area contributed by atoms with Crippen molar-refractivity contribution in [1.82, 2.24) is 5.32 Å². The topological polar surface area (TPSA) is 172 Å². The second kappa shape index (κ2) is 26.5. The first-order chi connectivity index (χ1) is 21.6. The van der Waals surface area contributed by atoms with E-state index in [0.717, 1.165) is 30.6 Å². The first kappa shape index (κ1) is 53.5. The van der Waals surface area contributed by atoms with Gasteiger partial charge in [0.25, 0.3) is 10.1 Å². The molecule has 3 N–H and O–H groups in total. The van der Waals surface area contributed by atoms with Crippen LogP contribution in [0.3, 0.4) is 0 Å². The van der Waals surface area contributed by atoms with Crippen molar-refractivity contribution in [3.05, 3.63) is 35.9 Å². The van der Waals surface area contributed by atoms with Gasteiger partial charge in [0.1, 0.15) is 0 Å². The minimum Gasteiger partial charge on any atom is -0.481 e. The summed E-state index contributed by atoms with van der Waals surface area (Å²) in [5, 5.41) is 11.5. The van der Waals surface area contributed by atoms with Crippen molar-refractivity contribution in [1.29, 1.82) is 0 Å². The van der Waals surface area contributed by atoms with Gasteiger partial charge in [0.2, 0.25) is 5.91 Å². The molecule has 0 radical (unpaired) electrons. The van der Waals surface area contributed by atoms with E-state index in [2.05, 4.69) is 77.2 Å². The minimum absolute atomic E-state index is 0. The Morgan fingerprint density at radius 1 is 0.714 bits per heavy atom. The second-order valence-electron chi connectivity index (χ2n) is 15.5. The number of rotatable bonds is 15. The molecule has 1 rings (SSSR count). The number of carbonyl (C=O) groups is 2. The Kier molecular flexibility index (Phi) is 28.9. The van der Waals surface area contributed by atoms with Crippen LogP contribution in [0.4, 0.5) is 0 Å². The van der Waals surface area contributed by atoms with Crippen LogP contribution >= 0.6 is 0 Å². The van der Waals surface area contributed by atoms with E-state index < -0.39 is 38.0 Å². The molecular weight excluding hydrogens is 667 g/mol. The van der Waals surface area contributed by atoms with Crippen molar-refractivity contribution in [2.75, 3.05) is 5.75 Å². The first-order valence-electron chi connectivity index (χ1n) is 16.9. The Morgan fingerprint density at radius 2 is 1.08 bits per heavy atom. The molecule has 0 heterocycles. The fourth-order valence-corrected chi connectivity index (χ4v) is 6.26. The Morgan fingerprint density at radius 3 is 1.35 bits per heavy atom. The molecule has 0 saturated carbocycles. The zero-order chi connectivity index (χ0) is 38.6. The number of carboxylic acid groups (broad SMARTS) is 1. The van der Waals surface area contributed by atoms with Crippen molar-refractivity contribution < 1.29 is 40.3 Å². The number of hydrogen-bond donors (Lipinski definition) is 3. The number of hydrogen-bond acceptors (Lipinski definition) is 7. The predicted octanol–water partition coefficient (Wildman–Crippen LogP) is 8.58. The summed E-state index contributed by atoms with van der Waals surface area (Å²) >= 11 is 0. The first-order valence-corrected chi connectivity index (χ1v) is 19.6. The van der Waals surface area contributed by atoms with Crippen LogP contribution in [0.25, 0.3) is 0 Å². The molecule has 10 nitrogen and oxygen atoms in total. The lowest BCUT2D eigenvalue weighted by Crippen LogP contribution is -2.51. The predicted molar refractivity (Wildman–Crippen MR) is 202 cm³/mol. The minimum atomic E-state index is -4.11. The van der Waals surface area contributed by atoms with E-state index in [1.165, 1.54) is 12.0 Å². The molecule has 0 aliphatic rings. The summed E-state index contributed by atoms with van der Waals surface area (Å²) in [4.78, 5) is 22.9. The molecule has 12 heteroatoms. The van der Waals surface area contributed by atoms with Crippen LogP contribution in [0, 0.1) is 47.3 Å². The Hall–Kier alpha value is -2.31. The summed E-state index contributed by atoms with van der Waals surface area (Å²) in [5.41, 5.74) is 0.519. The fraction of sp³-hybridized carbons (Fsp3) is 0.784. The van der Waals surface area contributed by atoms with Crippen molar-refractivity contribution in [2.45, 2.75) is 135 Å². The van der Waals surface area contributed by atoms with Crippen LogP contribution in [-0.4, -0.2) is 53.9 Å². The maximum absolute atomic E-state index is 12.2. The van der Waals surface area contributed by atoms with Gasteiger partial charge >= 0.3 is 16.6 Å². The summed E-state index contributed by atoms with van der Waals surface area (Å²) in [6.07, 6.45) is 2.83. The number of amides is 1. The van der Waals surface area contributed by atoms with E-state index >= 15 is 0 Å². The fourth-order valence-electron chi connectivity index (χ4n) is 5.28. The molecular formula is C37H71NO9S2. The van der Waals surface area contributed by atoms with Gasteiger partial charge in [-0.05, 0) is 80.1 Å². The number of carbonyl (C=O) groups excluding carboxylic acids is 1. The number of benzene rings is 1. The SMILES string of the molecule is C.CC(C)CC(C(=O)NC(C)(C)CS(=O)(=O)O)C(C)C.CC(C)CC(C(=O)O)C(C)C.CC(C)CC(c1ccccc1)C(C)C.O=S(=O)=O. The van der Waals surface area contributed by atoms with E-state index in [9.17, 15) is 18.0 Å². The average molecular weight is 738 g/mol. The van der Waals surface area contributed by atoms with Crippen LogP contribution in [0.15, 0.2) is 30.3 Å². The molecule has 3 atom stereocenters. The largest absolute Gasteiger partial charge is 0.481 e.